The number of halogens is 4. The van der Waals surface area contributed by atoms with E-state index in [1.165, 1.54) is 23.1 Å². The van der Waals surface area contributed by atoms with E-state index in [1.807, 2.05) is 0 Å². The highest BCUT2D eigenvalue weighted by atomic mass is 32.1. The van der Waals surface area contributed by atoms with Crippen LogP contribution < -0.4 is 4.90 Å². The highest BCUT2D eigenvalue weighted by Gasteiger charge is 2.35. The lowest BCUT2D eigenvalue weighted by Crippen LogP contribution is -2.37. The SMILES string of the molecule is O=C(c1ccc(F)cc1)N(C[C@H]1CCCO1)c1nc2c(C(F)(F)F)cccc2s1. The minimum atomic E-state index is -4.55. The Bertz CT molecular complexity index is 1030. The molecular weight excluding hydrogens is 408 g/mol. The topological polar surface area (TPSA) is 42.4 Å². The molecule has 1 aliphatic rings. The van der Waals surface area contributed by atoms with Crippen LogP contribution >= 0.6 is 11.3 Å². The number of nitrogens with zero attached hydrogens (tertiary/aromatic N) is 2. The van der Waals surface area contributed by atoms with Crippen molar-refractivity contribution in [3.05, 3.63) is 59.4 Å². The van der Waals surface area contributed by atoms with Gasteiger partial charge in [-0.3, -0.25) is 9.69 Å². The molecule has 29 heavy (non-hydrogen) atoms. The number of carbonyl (C=O) groups excluding carboxylic acids is 1. The summed E-state index contributed by atoms with van der Waals surface area (Å²) in [6.07, 6.45) is -3.19. The van der Waals surface area contributed by atoms with Crippen molar-refractivity contribution >= 4 is 32.6 Å². The van der Waals surface area contributed by atoms with Crippen LogP contribution in [0.2, 0.25) is 0 Å². The van der Waals surface area contributed by atoms with Gasteiger partial charge in [0.25, 0.3) is 5.91 Å². The van der Waals surface area contributed by atoms with Crippen molar-refractivity contribution in [2.75, 3.05) is 18.1 Å². The molecule has 0 spiro atoms. The van der Waals surface area contributed by atoms with Crippen LogP contribution in [-0.2, 0) is 10.9 Å². The van der Waals surface area contributed by atoms with Gasteiger partial charge in [-0.2, -0.15) is 13.2 Å². The number of amides is 1. The zero-order valence-corrected chi connectivity index (χ0v) is 15.9. The Labute approximate surface area is 167 Å². The molecule has 2 heterocycles. The molecule has 1 fully saturated rings. The number of para-hydroxylation sites is 1. The molecule has 1 amide bonds. The van der Waals surface area contributed by atoms with Gasteiger partial charge in [0.05, 0.1) is 28.4 Å². The summed E-state index contributed by atoms with van der Waals surface area (Å²) in [5.41, 5.74) is -0.812. The van der Waals surface area contributed by atoms with Gasteiger partial charge < -0.3 is 4.74 Å². The quantitative estimate of drug-likeness (QED) is 0.535. The van der Waals surface area contributed by atoms with Crippen LogP contribution in [0.25, 0.3) is 10.2 Å². The van der Waals surface area contributed by atoms with E-state index < -0.39 is 23.5 Å². The van der Waals surface area contributed by atoms with Gasteiger partial charge in [-0.25, -0.2) is 9.37 Å². The van der Waals surface area contributed by atoms with Crippen LogP contribution in [0.1, 0.15) is 28.8 Å². The number of fused-ring (bicyclic) bond motifs is 1. The molecule has 1 saturated heterocycles. The first-order valence-corrected chi connectivity index (χ1v) is 9.80. The molecule has 2 aromatic carbocycles. The molecule has 0 radical (unpaired) electrons. The Balaban J connectivity index is 1.76. The maximum absolute atomic E-state index is 13.3. The molecule has 152 valence electrons. The summed E-state index contributed by atoms with van der Waals surface area (Å²) in [6, 6.07) is 8.84. The fourth-order valence-corrected chi connectivity index (χ4v) is 4.27. The molecule has 0 unspecified atom stereocenters. The molecule has 0 saturated carbocycles. The number of carbonyl (C=O) groups is 1. The second-order valence-corrected chi connectivity index (χ2v) is 7.71. The van der Waals surface area contributed by atoms with Gasteiger partial charge in [0.1, 0.15) is 5.82 Å². The predicted octanol–water partition coefficient (Wildman–Crippen LogP) is 5.28. The summed E-state index contributed by atoms with van der Waals surface area (Å²) in [5.74, 6) is -0.949. The molecule has 3 aromatic rings. The minimum Gasteiger partial charge on any atom is -0.376 e. The van der Waals surface area contributed by atoms with Crippen LogP contribution in [0.5, 0.6) is 0 Å². The number of thiazole rings is 1. The van der Waals surface area contributed by atoms with E-state index in [0.717, 1.165) is 42.4 Å². The first kappa shape index (κ1) is 19.8. The molecule has 9 heteroatoms. The maximum atomic E-state index is 13.3. The number of rotatable bonds is 4. The number of hydrogen-bond acceptors (Lipinski definition) is 4. The van der Waals surface area contributed by atoms with Crippen molar-refractivity contribution in [3.8, 4) is 0 Å². The van der Waals surface area contributed by atoms with Crippen molar-refractivity contribution in [1.82, 2.24) is 4.98 Å². The van der Waals surface area contributed by atoms with E-state index in [9.17, 15) is 22.4 Å². The van der Waals surface area contributed by atoms with Crippen LogP contribution in [0.15, 0.2) is 42.5 Å². The molecule has 0 N–H and O–H groups in total. The van der Waals surface area contributed by atoms with Gasteiger partial charge in [0.15, 0.2) is 5.13 Å². The van der Waals surface area contributed by atoms with Crippen molar-refractivity contribution in [1.29, 1.82) is 0 Å². The van der Waals surface area contributed by atoms with Gasteiger partial charge in [-0.15, -0.1) is 0 Å². The maximum Gasteiger partial charge on any atom is 0.418 e. The number of alkyl halides is 3. The molecule has 0 aliphatic carbocycles. The zero-order valence-electron chi connectivity index (χ0n) is 15.1. The molecule has 1 aliphatic heterocycles. The number of aromatic nitrogens is 1. The van der Waals surface area contributed by atoms with Gasteiger partial charge in [0, 0.05) is 12.2 Å². The first-order chi connectivity index (χ1) is 13.8. The van der Waals surface area contributed by atoms with Crippen molar-refractivity contribution in [3.63, 3.8) is 0 Å². The van der Waals surface area contributed by atoms with Crippen molar-refractivity contribution < 1.29 is 27.1 Å². The summed E-state index contributed by atoms with van der Waals surface area (Å²) >= 11 is 1.01. The van der Waals surface area contributed by atoms with Gasteiger partial charge in [0.2, 0.25) is 0 Å². The minimum absolute atomic E-state index is 0.154. The van der Waals surface area contributed by atoms with E-state index >= 15 is 0 Å². The summed E-state index contributed by atoms with van der Waals surface area (Å²) in [5, 5.41) is 0.154. The zero-order chi connectivity index (χ0) is 20.6. The van der Waals surface area contributed by atoms with Crippen LogP contribution in [0.3, 0.4) is 0 Å². The molecule has 4 nitrogen and oxygen atoms in total. The van der Waals surface area contributed by atoms with Crippen LogP contribution in [0.4, 0.5) is 22.7 Å². The largest absolute Gasteiger partial charge is 0.418 e. The van der Waals surface area contributed by atoms with Crippen molar-refractivity contribution in [2.45, 2.75) is 25.1 Å². The Kier molecular flexibility index (Phi) is 5.26. The third kappa shape index (κ3) is 4.11. The lowest BCUT2D eigenvalue weighted by molar-refractivity contribution is -0.136. The second kappa shape index (κ2) is 7.72. The number of hydrogen-bond donors (Lipinski definition) is 0. The molecule has 4 rings (SSSR count). The molecular formula is C20H16F4N2O2S. The summed E-state index contributed by atoms with van der Waals surface area (Å²) in [7, 11) is 0. The van der Waals surface area contributed by atoms with Gasteiger partial charge in [-0.1, -0.05) is 17.4 Å². The van der Waals surface area contributed by atoms with Gasteiger partial charge >= 0.3 is 6.18 Å². The monoisotopic (exact) mass is 424 g/mol. The normalized spacial score (nSPS) is 17.0. The van der Waals surface area contributed by atoms with Crippen LogP contribution in [0, 0.1) is 5.82 Å². The number of benzene rings is 2. The molecule has 0 bridgehead atoms. The Morgan fingerprint density at radius 1 is 1.21 bits per heavy atom. The first-order valence-electron chi connectivity index (χ1n) is 8.99. The lowest BCUT2D eigenvalue weighted by atomic mass is 10.1. The average molecular weight is 424 g/mol. The Morgan fingerprint density at radius 2 is 1.97 bits per heavy atom. The van der Waals surface area contributed by atoms with E-state index in [-0.39, 0.29) is 28.9 Å². The van der Waals surface area contributed by atoms with Crippen molar-refractivity contribution in [2.24, 2.45) is 0 Å². The molecule has 1 aromatic heterocycles. The third-order valence-corrected chi connectivity index (χ3v) is 5.73. The number of ether oxygens (including phenoxy) is 1. The number of anilines is 1. The second-order valence-electron chi connectivity index (χ2n) is 6.70. The highest BCUT2D eigenvalue weighted by Crippen LogP contribution is 2.39. The summed E-state index contributed by atoms with van der Waals surface area (Å²) in [4.78, 5) is 18.6. The third-order valence-electron chi connectivity index (χ3n) is 4.69. The highest BCUT2D eigenvalue weighted by molar-refractivity contribution is 7.22. The Hall–Kier alpha value is -2.52. The average Bonchev–Trinajstić information content (AvgIpc) is 3.34. The molecule has 1 atom stereocenters. The predicted molar refractivity (Wildman–Crippen MR) is 102 cm³/mol. The smallest absolute Gasteiger partial charge is 0.376 e. The van der Waals surface area contributed by atoms with Gasteiger partial charge in [-0.05, 0) is 49.2 Å². The van der Waals surface area contributed by atoms with E-state index in [0.29, 0.717) is 11.3 Å². The fourth-order valence-electron chi connectivity index (χ4n) is 3.27. The summed E-state index contributed by atoms with van der Waals surface area (Å²) < 4.78 is 59.2. The fraction of sp³-hybridized carbons (Fsp3) is 0.300. The van der Waals surface area contributed by atoms with E-state index in [1.54, 1.807) is 6.07 Å². The standard InChI is InChI=1S/C20H16F4N2O2S/c21-13-8-6-12(7-9-13)18(27)26(11-14-3-2-10-28-14)19-25-17-15(20(22,23)24)4-1-5-16(17)29-19/h1,4-9,14H,2-3,10-11H2/t14-/m1/s1. The summed E-state index contributed by atoms with van der Waals surface area (Å²) in [6.45, 7) is 0.735. The van der Waals surface area contributed by atoms with E-state index in [4.69, 9.17) is 4.74 Å². The van der Waals surface area contributed by atoms with Crippen LogP contribution in [-0.4, -0.2) is 30.1 Å². The Morgan fingerprint density at radius 3 is 2.62 bits per heavy atom. The lowest BCUT2D eigenvalue weighted by Gasteiger charge is -2.23. The van der Waals surface area contributed by atoms with E-state index in [2.05, 4.69) is 4.98 Å².